The maximum atomic E-state index is 12.8. The first kappa shape index (κ1) is 17.0. The highest BCUT2D eigenvalue weighted by Gasteiger charge is 2.51. The van der Waals surface area contributed by atoms with Crippen LogP contribution in [0, 0.1) is 0 Å². The van der Waals surface area contributed by atoms with Crippen molar-refractivity contribution in [2.24, 2.45) is 0 Å². The van der Waals surface area contributed by atoms with E-state index >= 15 is 0 Å². The molecule has 6 nitrogen and oxygen atoms in total. The van der Waals surface area contributed by atoms with Gasteiger partial charge < -0.3 is 10.6 Å². The van der Waals surface area contributed by atoms with Crippen molar-refractivity contribution in [2.45, 2.75) is 38.6 Å². The maximum absolute atomic E-state index is 12.8. The van der Waals surface area contributed by atoms with E-state index in [1.54, 1.807) is 0 Å². The molecular weight excluding hydrogens is 294 g/mol. The molecule has 1 aromatic carbocycles. The first-order valence-electron chi connectivity index (χ1n) is 8.01. The second-order valence-electron chi connectivity index (χ2n) is 5.65. The summed E-state index contributed by atoms with van der Waals surface area (Å²) in [6.07, 6.45) is 2.26. The smallest absolute Gasteiger partial charge is 0.325 e. The third kappa shape index (κ3) is 3.36. The van der Waals surface area contributed by atoms with Crippen molar-refractivity contribution >= 4 is 17.8 Å². The van der Waals surface area contributed by atoms with Crippen molar-refractivity contribution in [1.82, 2.24) is 15.5 Å². The second kappa shape index (κ2) is 7.26. The van der Waals surface area contributed by atoms with Gasteiger partial charge in [0.1, 0.15) is 12.1 Å². The Labute approximate surface area is 136 Å². The molecule has 0 radical (unpaired) electrons. The lowest BCUT2D eigenvalue weighted by atomic mass is 9.87. The number of carbonyl (C=O) groups excluding carboxylic acids is 3. The molecule has 0 aromatic heterocycles. The summed E-state index contributed by atoms with van der Waals surface area (Å²) in [5.41, 5.74) is -0.350. The molecule has 6 heteroatoms. The van der Waals surface area contributed by atoms with Gasteiger partial charge >= 0.3 is 6.03 Å². The summed E-state index contributed by atoms with van der Waals surface area (Å²) in [6, 6.07) is 8.61. The Morgan fingerprint density at radius 3 is 2.52 bits per heavy atom. The van der Waals surface area contributed by atoms with Gasteiger partial charge in [0.2, 0.25) is 5.91 Å². The zero-order chi connectivity index (χ0) is 16.9. The van der Waals surface area contributed by atoms with Gasteiger partial charge in [-0.1, -0.05) is 50.6 Å². The Kier molecular flexibility index (Phi) is 5.36. The molecule has 1 aromatic rings. The van der Waals surface area contributed by atoms with Gasteiger partial charge in [-0.05, 0) is 18.4 Å². The summed E-state index contributed by atoms with van der Waals surface area (Å²) in [7, 11) is 0. The largest absolute Gasteiger partial charge is 0.355 e. The predicted octanol–water partition coefficient (Wildman–Crippen LogP) is 1.76. The number of carbonyl (C=O) groups is 3. The van der Waals surface area contributed by atoms with E-state index in [1.165, 1.54) is 0 Å². The van der Waals surface area contributed by atoms with E-state index < -0.39 is 11.6 Å². The molecule has 2 rings (SSSR count). The summed E-state index contributed by atoms with van der Waals surface area (Å²) >= 11 is 0. The lowest BCUT2D eigenvalue weighted by molar-refractivity contribution is -0.135. The Morgan fingerprint density at radius 1 is 1.22 bits per heavy atom. The SMILES string of the molecule is CCCCNC(=O)CN1C(=O)NC(CC)(c2ccccc2)C1=O. The first-order chi connectivity index (χ1) is 11.0. The van der Waals surface area contributed by atoms with Crippen molar-refractivity contribution in [1.29, 1.82) is 0 Å². The van der Waals surface area contributed by atoms with Crippen LogP contribution in [0.4, 0.5) is 4.79 Å². The number of imide groups is 1. The molecule has 23 heavy (non-hydrogen) atoms. The van der Waals surface area contributed by atoms with Crippen LogP contribution in [0.5, 0.6) is 0 Å². The molecule has 1 fully saturated rings. The van der Waals surface area contributed by atoms with Crippen molar-refractivity contribution in [3.05, 3.63) is 35.9 Å². The van der Waals surface area contributed by atoms with E-state index in [-0.39, 0.29) is 18.4 Å². The van der Waals surface area contributed by atoms with Gasteiger partial charge in [-0.2, -0.15) is 0 Å². The lowest BCUT2D eigenvalue weighted by Gasteiger charge is -2.25. The normalized spacial score (nSPS) is 20.5. The van der Waals surface area contributed by atoms with Crippen LogP contribution in [0.2, 0.25) is 0 Å². The Morgan fingerprint density at radius 2 is 1.91 bits per heavy atom. The zero-order valence-electron chi connectivity index (χ0n) is 13.6. The molecule has 1 saturated heterocycles. The Hall–Kier alpha value is -2.37. The number of amides is 4. The number of benzene rings is 1. The monoisotopic (exact) mass is 317 g/mol. The van der Waals surface area contributed by atoms with Crippen molar-refractivity contribution < 1.29 is 14.4 Å². The molecule has 1 atom stereocenters. The van der Waals surface area contributed by atoms with Crippen LogP contribution >= 0.6 is 0 Å². The third-order valence-electron chi connectivity index (χ3n) is 4.13. The molecule has 4 amide bonds. The minimum absolute atomic E-state index is 0.247. The number of rotatable bonds is 7. The van der Waals surface area contributed by atoms with E-state index in [0.29, 0.717) is 13.0 Å². The Balaban J connectivity index is 2.14. The molecule has 1 unspecified atom stereocenters. The number of hydrogen-bond acceptors (Lipinski definition) is 3. The van der Waals surface area contributed by atoms with E-state index in [1.807, 2.05) is 44.2 Å². The predicted molar refractivity (Wildman–Crippen MR) is 86.6 cm³/mol. The van der Waals surface area contributed by atoms with E-state index in [4.69, 9.17) is 0 Å². The topological polar surface area (TPSA) is 78.5 Å². The van der Waals surface area contributed by atoms with Gasteiger partial charge in [0.25, 0.3) is 5.91 Å². The van der Waals surface area contributed by atoms with Crippen LogP contribution in [-0.4, -0.2) is 35.8 Å². The first-order valence-corrected chi connectivity index (χ1v) is 8.01. The Bertz CT molecular complexity index is 588. The fourth-order valence-electron chi connectivity index (χ4n) is 2.74. The van der Waals surface area contributed by atoms with Gasteiger partial charge in [0.05, 0.1) is 0 Å². The standard InChI is InChI=1S/C17H23N3O3/c1-3-5-11-18-14(21)12-20-15(22)17(4-2,19-16(20)23)13-9-7-6-8-10-13/h6-10H,3-5,11-12H2,1-2H3,(H,18,21)(H,19,23). The van der Waals surface area contributed by atoms with Crippen LogP contribution in [0.25, 0.3) is 0 Å². The summed E-state index contributed by atoms with van der Waals surface area (Å²) in [4.78, 5) is 37.9. The molecule has 0 bridgehead atoms. The fourth-order valence-corrected chi connectivity index (χ4v) is 2.74. The second-order valence-corrected chi connectivity index (χ2v) is 5.65. The molecule has 124 valence electrons. The third-order valence-corrected chi connectivity index (χ3v) is 4.13. The van der Waals surface area contributed by atoms with E-state index in [2.05, 4.69) is 10.6 Å². The number of unbranched alkanes of at least 4 members (excludes halogenated alkanes) is 1. The quantitative estimate of drug-likeness (QED) is 0.594. The average Bonchev–Trinajstić information content (AvgIpc) is 2.81. The highest BCUT2D eigenvalue weighted by Crippen LogP contribution is 2.32. The van der Waals surface area contributed by atoms with Crippen LogP contribution in [-0.2, 0) is 15.1 Å². The molecule has 0 saturated carbocycles. The van der Waals surface area contributed by atoms with Gasteiger partial charge in [-0.3, -0.25) is 14.5 Å². The van der Waals surface area contributed by atoms with Gasteiger partial charge in [-0.15, -0.1) is 0 Å². The van der Waals surface area contributed by atoms with Gasteiger partial charge in [-0.25, -0.2) is 4.79 Å². The number of nitrogens with zero attached hydrogens (tertiary/aromatic N) is 1. The summed E-state index contributed by atoms with van der Waals surface area (Å²) in [5.74, 6) is -0.691. The fraction of sp³-hybridized carbons (Fsp3) is 0.471. The minimum atomic E-state index is -1.08. The molecule has 2 N–H and O–H groups in total. The number of hydrogen-bond donors (Lipinski definition) is 2. The molecule has 0 spiro atoms. The van der Waals surface area contributed by atoms with Crippen LogP contribution < -0.4 is 10.6 Å². The highest BCUT2D eigenvalue weighted by molar-refractivity contribution is 6.09. The van der Waals surface area contributed by atoms with Crippen molar-refractivity contribution in [2.75, 3.05) is 13.1 Å². The summed E-state index contributed by atoms with van der Waals surface area (Å²) < 4.78 is 0. The molecule has 1 aliphatic rings. The van der Waals surface area contributed by atoms with Gasteiger partial charge in [0, 0.05) is 6.54 Å². The lowest BCUT2D eigenvalue weighted by Crippen LogP contribution is -2.44. The summed E-state index contributed by atoms with van der Waals surface area (Å²) in [5, 5.41) is 5.49. The highest BCUT2D eigenvalue weighted by atomic mass is 16.2. The van der Waals surface area contributed by atoms with Crippen molar-refractivity contribution in [3.63, 3.8) is 0 Å². The van der Waals surface area contributed by atoms with Crippen LogP contribution in [0.3, 0.4) is 0 Å². The zero-order valence-corrected chi connectivity index (χ0v) is 13.6. The van der Waals surface area contributed by atoms with Crippen LogP contribution in [0.1, 0.15) is 38.7 Å². The maximum Gasteiger partial charge on any atom is 0.325 e. The van der Waals surface area contributed by atoms with E-state index in [0.717, 1.165) is 23.3 Å². The minimum Gasteiger partial charge on any atom is -0.355 e. The summed E-state index contributed by atoms with van der Waals surface area (Å²) in [6.45, 7) is 4.18. The van der Waals surface area contributed by atoms with E-state index in [9.17, 15) is 14.4 Å². The molecule has 1 aliphatic heterocycles. The molecule has 0 aliphatic carbocycles. The average molecular weight is 317 g/mol. The van der Waals surface area contributed by atoms with Crippen molar-refractivity contribution in [3.8, 4) is 0 Å². The molecule has 1 heterocycles. The number of urea groups is 1. The number of nitrogens with one attached hydrogen (secondary N) is 2. The van der Waals surface area contributed by atoms with Crippen LogP contribution in [0.15, 0.2) is 30.3 Å². The van der Waals surface area contributed by atoms with Gasteiger partial charge in [0.15, 0.2) is 0 Å². The molecular formula is C17H23N3O3.